The first kappa shape index (κ1) is 19.8. The van der Waals surface area contributed by atoms with Gasteiger partial charge in [-0.15, -0.1) is 0 Å². The summed E-state index contributed by atoms with van der Waals surface area (Å²) < 4.78 is 11.2. The van der Waals surface area contributed by atoms with E-state index in [9.17, 15) is 4.79 Å². The van der Waals surface area contributed by atoms with Gasteiger partial charge in [0.2, 0.25) is 0 Å². The molecule has 0 aliphatic heterocycles. The van der Waals surface area contributed by atoms with Crippen molar-refractivity contribution in [2.75, 3.05) is 18.5 Å². The summed E-state index contributed by atoms with van der Waals surface area (Å²) in [6.45, 7) is 7.19. The molecule has 0 aliphatic rings. The highest BCUT2D eigenvalue weighted by molar-refractivity contribution is 5.91. The van der Waals surface area contributed by atoms with E-state index < -0.39 is 0 Å². The molecule has 0 bridgehead atoms. The minimum Gasteiger partial charge on any atom is -0.494 e. The van der Waals surface area contributed by atoms with Gasteiger partial charge in [-0.3, -0.25) is 4.79 Å². The van der Waals surface area contributed by atoms with Gasteiger partial charge >= 0.3 is 0 Å². The summed E-state index contributed by atoms with van der Waals surface area (Å²) in [5.41, 5.74) is 2.01. The molecule has 2 aromatic carbocycles. The third-order valence-electron chi connectivity index (χ3n) is 4.34. The van der Waals surface area contributed by atoms with Crippen molar-refractivity contribution in [2.45, 2.75) is 46.0 Å². The summed E-state index contributed by atoms with van der Waals surface area (Å²) in [5.74, 6) is 1.86. The van der Waals surface area contributed by atoms with E-state index in [1.165, 1.54) is 5.56 Å². The Bertz CT molecular complexity index is 665. The highest BCUT2D eigenvalue weighted by Gasteiger charge is 2.06. The number of carbonyl (C=O) groups excluding carboxylic acids is 1. The molecule has 0 saturated carbocycles. The fourth-order valence-electron chi connectivity index (χ4n) is 2.44. The molecule has 4 heteroatoms. The molecule has 1 atom stereocenters. The SMILES string of the molecule is CCCCOc1ccc(NC(=O)COc2ccc([C@@H](C)CC)cc2)cc1. The van der Waals surface area contributed by atoms with E-state index in [0.29, 0.717) is 18.3 Å². The first-order chi connectivity index (χ1) is 12.6. The van der Waals surface area contributed by atoms with E-state index in [-0.39, 0.29) is 12.5 Å². The molecular formula is C22H29NO3. The van der Waals surface area contributed by atoms with Gasteiger partial charge in [-0.25, -0.2) is 0 Å². The maximum absolute atomic E-state index is 12.0. The van der Waals surface area contributed by atoms with E-state index in [1.807, 2.05) is 36.4 Å². The number of hydrogen-bond acceptors (Lipinski definition) is 3. The second-order valence-electron chi connectivity index (χ2n) is 6.44. The lowest BCUT2D eigenvalue weighted by molar-refractivity contribution is -0.118. The molecule has 0 aliphatic carbocycles. The van der Waals surface area contributed by atoms with Crippen LogP contribution in [0.1, 0.15) is 51.5 Å². The zero-order valence-electron chi connectivity index (χ0n) is 16.0. The Balaban J connectivity index is 1.77. The number of anilines is 1. The minimum atomic E-state index is -0.185. The molecule has 0 fully saturated rings. The normalized spacial score (nSPS) is 11.7. The lowest BCUT2D eigenvalue weighted by Gasteiger charge is -2.11. The Labute approximate surface area is 156 Å². The van der Waals surface area contributed by atoms with Gasteiger partial charge in [-0.05, 0) is 60.7 Å². The van der Waals surface area contributed by atoms with Gasteiger partial charge < -0.3 is 14.8 Å². The lowest BCUT2D eigenvalue weighted by atomic mass is 9.99. The van der Waals surface area contributed by atoms with Gasteiger partial charge in [-0.2, -0.15) is 0 Å². The molecule has 0 saturated heterocycles. The molecule has 140 valence electrons. The molecule has 1 N–H and O–H groups in total. The summed E-state index contributed by atoms with van der Waals surface area (Å²) in [6.07, 6.45) is 3.24. The molecule has 4 nitrogen and oxygen atoms in total. The smallest absolute Gasteiger partial charge is 0.262 e. The number of nitrogens with one attached hydrogen (secondary N) is 1. The van der Waals surface area contributed by atoms with E-state index >= 15 is 0 Å². The highest BCUT2D eigenvalue weighted by atomic mass is 16.5. The van der Waals surface area contributed by atoms with Gasteiger partial charge in [0.15, 0.2) is 6.61 Å². The number of hydrogen-bond donors (Lipinski definition) is 1. The van der Waals surface area contributed by atoms with Gasteiger partial charge in [0.1, 0.15) is 11.5 Å². The maximum Gasteiger partial charge on any atom is 0.262 e. The second kappa shape index (κ2) is 10.5. The van der Waals surface area contributed by atoms with Crippen molar-refractivity contribution in [1.82, 2.24) is 0 Å². The largest absolute Gasteiger partial charge is 0.494 e. The average molecular weight is 355 g/mol. The van der Waals surface area contributed by atoms with Crippen LogP contribution in [0.5, 0.6) is 11.5 Å². The molecule has 0 aromatic heterocycles. The van der Waals surface area contributed by atoms with E-state index in [1.54, 1.807) is 0 Å². The Morgan fingerprint density at radius 1 is 0.962 bits per heavy atom. The van der Waals surface area contributed by atoms with Crippen molar-refractivity contribution >= 4 is 11.6 Å². The topological polar surface area (TPSA) is 47.6 Å². The zero-order chi connectivity index (χ0) is 18.8. The van der Waals surface area contributed by atoms with Crippen LogP contribution in [0, 0.1) is 0 Å². The Kier molecular flexibility index (Phi) is 8.00. The van der Waals surface area contributed by atoms with Gasteiger partial charge in [0, 0.05) is 5.69 Å². The number of rotatable bonds is 10. The number of carbonyl (C=O) groups is 1. The summed E-state index contributed by atoms with van der Waals surface area (Å²) in [5, 5.41) is 2.83. The van der Waals surface area contributed by atoms with Gasteiger partial charge in [0.05, 0.1) is 6.61 Å². The highest BCUT2D eigenvalue weighted by Crippen LogP contribution is 2.21. The minimum absolute atomic E-state index is 0.0164. The van der Waals surface area contributed by atoms with Crippen molar-refractivity contribution in [1.29, 1.82) is 0 Å². The van der Waals surface area contributed by atoms with Crippen LogP contribution in [0.25, 0.3) is 0 Å². The summed E-state index contributed by atoms with van der Waals surface area (Å²) >= 11 is 0. The molecule has 0 spiro atoms. The fraction of sp³-hybridized carbons (Fsp3) is 0.409. The average Bonchev–Trinajstić information content (AvgIpc) is 2.68. The molecule has 0 heterocycles. The van der Waals surface area contributed by atoms with Crippen LogP contribution < -0.4 is 14.8 Å². The predicted octanol–water partition coefficient (Wildman–Crippen LogP) is 5.40. The Hall–Kier alpha value is -2.49. The molecule has 26 heavy (non-hydrogen) atoms. The third-order valence-corrected chi connectivity index (χ3v) is 4.34. The van der Waals surface area contributed by atoms with Crippen LogP contribution in [0.4, 0.5) is 5.69 Å². The standard InChI is InChI=1S/C22H29NO3/c1-4-6-15-25-20-13-9-19(10-14-20)23-22(24)16-26-21-11-7-18(8-12-21)17(3)5-2/h7-14,17H,4-6,15-16H2,1-3H3,(H,23,24)/t17-/m0/s1. The van der Waals surface area contributed by atoms with Crippen molar-refractivity contribution in [3.8, 4) is 11.5 Å². The fourth-order valence-corrected chi connectivity index (χ4v) is 2.44. The monoisotopic (exact) mass is 355 g/mol. The van der Waals surface area contributed by atoms with Crippen LogP contribution in [-0.4, -0.2) is 19.1 Å². The van der Waals surface area contributed by atoms with Crippen LogP contribution in [0.2, 0.25) is 0 Å². The number of ether oxygens (including phenoxy) is 2. The quantitative estimate of drug-likeness (QED) is 0.581. The number of benzene rings is 2. The van der Waals surface area contributed by atoms with Gasteiger partial charge in [-0.1, -0.05) is 39.3 Å². The van der Waals surface area contributed by atoms with Crippen molar-refractivity contribution in [2.24, 2.45) is 0 Å². The van der Waals surface area contributed by atoms with Crippen molar-refractivity contribution < 1.29 is 14.3 Å². The van der Waals surface area contributed by atoms with Crippen LogP contribution >= 0.6 is 0 Å². The summed E-state index contributed by atoms with van der Waals surface area (Å²) in [6, 6.07) is 15.3. The van der Waals surface area contributed by atoms with Crippen LogP contribution in [0.15, 0.2) is 48.5 Å². The molecule has 0 radical (unpaired) electrons. The Morgan fingerprint density at radius 2 is 1.58 bits per heavy atom. The molecular weight excluding hydrogens is 326 g/mol. The van der Waals surface area contributed by atoms with E-state index in [2.05, 4.69) is 38.2 Å². The van der Waals surface area contributed by atoms with E-state index in [0.717, 1.165) is 30.7 Å². The summed E-state index contributed by atoms with van der Waals surface area (Å²) in [4.78, 5) is 12.0. The van der Waals surface area contributed by atoms with Crippen LogP contribution in [0.3, 0.4) is 0 Å². The molecule has 1 amide bonds. The zero-order valence-corrected chi connectivity index (χ0v) is 16.0. The molecule has 2 aromatic rings. The molecule has 0 unspecified atom stereocenters. The van der Waals surface area contributed by atoms with Gasteiger partial charge in [0.25, 0.3) is 5.91 Å². The van der Waals surface area contributed by atoms with Crippen LogP contribution in [-0.2, 0) is 4.79 Å². The first-order valence-corrected chi connectivity index (χ1v) is 9.37. The van der Waals surface area contributed by atoms with Crippen molar-refractivity contribution in [3.05, 3.63) is 54.1 Å². The maximum atomic E-state index is 12.0. The number of amides is 1. The Morgan fingerprint density at radius 3 is 2.19 bits per heavy atom. The van der Waals surface area contributed by atoms with Crippen molar-refractivity contribution in [3.63, 3.8) is 0 Å². The third kappa shape index (κ3) is 6.43. The van der Waals surface area contributed by atoms with E-state index in [4.69, 9.17) is 9.47 Å². The lowest BCUT2D eigenvalue weighted by Crippen LogP contribution is -2.20. The first-order valence-electron chi connectivity index (χ1n) is 9.37. The predicted molar refractivity (Wildman–Crippen MR) is 106 cm³/mol. The molecule has 2 rings (SSSR count). The number of unbranched alkanes of at least 4 members (excludes halogenated alkanes) is 1. The second-order valence-corrected chi connectivity index (χ2v) is 6.44. The summed E-state index contributed by atoms with van der Waals surface area (Å²) in [7, 11) is 0.